The molecular weight excluding hydrogens is 240 g/mol. The summed E-state index contributed by atoms with van der Waals surface area (Å²) in [6.45, 7) is 3.49. The molecule has 1 heterocycles. The molecule has 2 unspecified atom stereocenters. The molecule has 0 aromatic carbocycles. The minimum atomic E-state index is 0.277. The van der Waals surface area contributed by atoms with Gasteiger partial charge < -0.3 is 5.73 Å². The van der Waals surface area contributed by atoms with Crippen LogP contribution in [0.3, 0.4) is 0 Å². The van der Waals surface area contributed by atoms with Crippen molar-refractivity contribution in [2.75, 3.05) is 6.54 Å². The van der Waals surface area contributed by atoms with Crippen LogP contribution < -0.4 is 5.73 Å². The van der Waals surface area contributed by atoms with Gasteiger partial charge in [-0.25, -0.2) is 0 Å². The Bertz CT molecular complexity index is 368. The summed E-state index contributed by atoms with van der Waals surface area (Å²) in [5.41, 5.74) is 7.88. The molecule has 0 bridgehead atoms. The first-order valence-electron chi connectivity index (χ1n) is 7.33. The van der Waals surface area contributed by atoms with Gasteiger partial charge in [0, 0.05) is 18.6 Å². The second-order valence-electron chi connectivity index (χ2n) is 5.94. The van der Waals surface area contributed by atoms with Crippen LogP contribution in [0.15, 0.2) is 16.8 Å². The molecule has 0 radical (unpaired) electrons. The molecule has 18 heavy (non-hydrogen) atoms. The lowest BCUT2D eigenvalue weighted by molar-refractivity contribution is 0.152. The molecule has 100 valence electrons. The van der Waals surface area contributed by atoms with Crippen LogP contribution in [0.1, 0.15) is 50.6 Å². The molecule has 2 aliphatic rings. The van der Waals surface area contributed by atoms with Crippen molar-refractivity contribution >= 4 is 11.3 Å². The molecule has 2 aliphatic carbocycles. The highest BCUT2D eigenvalue weighted by atomic mass is 32.1. The number of hydrogen-bond donors (Lipinski definition) is 1. The SMILES string of the molecule is CCC(N)C(c1ccsc1)N(CC1CC1)C1CC1. The van der Waals surface area contributed by atoms with Gasteiger partial charge in [-0.15, -0.1) is 0 Å². The van der Waals surface area contributed by atoms with Crippen LogP contribution in [-0.2, 0) is 0 Å². The van der Waals surface area contributed by atoms with Crippen LogP contribution in [0.4, 0.5) is 0 Å². The van der Waals surface area contributed by atoms with E-state index in [0.717, 1.165) is 18.4 Å². The average molecular weight is 264 g/mol. The van der Waals surface area contributed by atoms with Gasteiger partial charge in [0.2, 0.25) is 0 Å². The molecule has 0 aliphatic heterocycles. The van der Waals surface area contributed by atoms with Crippen molar-refractivity contribution in [3.63, 3.8) is 0 Å². The standard InChI is InChI=1S/C15H24N2S/c1-2-14(16)15(12-7-8-18-10-12)17(13-5-6-13)9-11-3-4-11/h7-8,10-11,13-15H,2-6,9,16H2,1H3. The molecule has 1 aromatic rings. The quantitative estimate of drug-likeness (QED) is 0.818. The van der Waals surface area contributed by atoms with Crippen LogP contribution in [0.2, 0.25) is 0 Å². The largest absolute Gasteiger partial charge is 0.326 e. The Morgan fingerprint density at radius 2 is 2.17 bits per heavy atom. The summed E-state index contributed by atoms with van der Waals surface area (Å²) in [6, 6.07) is 3.81. The van der Waals surface area contributed by atoms with Gasteiger partial charge in [0.1, 0.15) is 0 Å². The lowest BCUT2D eigenvalue weighted by Gasteiger charge is -2.35. The monoisotopic (exact) mass is 264 g/mol. The fourth-order valence-corrected chi connectivity index (χ4v) is 3.54. The summed E-state index contributed by atoms with van der Waals surface area (Å²) in [5, 5.41) is 4.48. The molecular formula is C15H24N2S. The average Bonchev–Trinajstić information content (AvgIpc) is 3.29. The summed E-state index contributed by atoms with van der Waals surface area (Å²) < 4.78 is 0. The van der Waals surface area contributed by atoms with Gasteiger partial charge in [-0.3, -0.25) is 4.90 Å². The topological polar surface area (TPSA) is 29.3 Å². The Balaban J connectivity index is 1.80. The first-order chi connectivity index (χ1) is 8.79. The third-order valence-corrected chi connectivity index (χ3v) is 5.00. The Hall–Kier alpha value is -0.380. The third kappa shape index (κ3) is 2.79. The number of nitrogens with zero attached hydrogens (tertiary/aromatic N) is 1. The van der Waals surface area contributed by atoms with Crippen molar-refractivity contribution in [1.29, 1.82) is 0 Å². The zero-order chi connectivity index (χ0) is 12.5. The molecule has 0 spiro atoms. The normalized spacial score (nSPS) is 23.3. The van der Waals surface area contributed by atoms with Gasteiger partial charge in [0.25, 0.3) is 0 Å². The van der Waals surface area contributed by atoms with E-state index in [1.807, 2.05) is 0 Å². The van der Waals surface area contributed by atoms with E-state index in [1.165, 1.54) is 37.8 Å². The molecule has 2 fully saturated rings. The molecule has 3 heteroatoms. The third-order valence-electron chi connectivity index (χ3n) is 4.30. The number of rotatable bonds is 7. The second kappa shape index (κ2) is 5.32. The van der Waals surface area contributed by atoms with Crippen molar-refractivity contribution in [2.24, 2.45) is 11.7 Å². The summed E-state index contributed by atoms with van der Waals surface area (Å²) in [7, 11) is 0. The van der Waals surface area contributed by atoms with Gasteiger partial charge >= 0.3 is 0 Å². The first kappa shape index (κ1) is 12.6. The lowest BCUT2D eigenvalue weighted by atomic mass is 9.98. The summed E-state index contributed by atoms with van der Waals surface area (Å²) >= 11 is 1.80. The highest BCUT2D eigenvalue weighted by Crippen LogP contribution is 2.41. The van der Waals surface area contributed by atoms with Crippen LogP contribution in [-0.4, -0.2) is 23.5 Å². The van der Waals surface area contributed by atoms with Crippen molar-refractivity contribution in [3.8, 4) is 0 Å². The highest BCUT2D eigenvalue weighted by Gasteiger charge is 2.39. The van der Waals surface area contributed by atoms with E-state index >= 15 is 0 Å². The molecule has 0 amide bonds. The zero-order valence-corrected chi connectivity index (χ0v) is 12.0. The van der Waals surface area contributed by atoms with E-state index in [9.17, 15) is 0 Å². The molecule has 1 aromatic heterocycles. The minimum absolute atomic E-state index is 0.277. The van der Waals surface area contributed by atoms with Crippen LogP contribution in [0, 0.1) is 5.92 Å². The molecule has 2 N–H and O–H groups in total. The van der Waals surface area contributed by atoms with Gasteiger partial charge in [-0.1, -0.05) is 6.92 Å². The lowest BCUT2D eigenvalue weighted by Crippen LogP contribution is -2.42. The Labute approximate surface area is 114 Å². The molecule has 2 saturated carbocycles. The number of hydrogen-bond acceptors (Lipinski definition) is 3. The summed E-state index contributed by atoms with van der Waals surface area (Å²) in [4.78, 5) is 2.73. The molecule has 3 rings (SSSR count). The Kier molecular flexibility index (Phi) is 3.73. The van der Waals surface area contributed by atoms with Gasteiger partial charge in [-0.2, -0.15) is 11.3 Å². The van der Waals surface area contributed by atoms with E-state index in [1.54, 1.807) is 11.3 Å². The van der Waals surface area contributed by atoms with Gasteiger partial charge in [-0.05, 0) is 60.4 Å². The molecule has 2 atom stereocenters. The van der Waals surface area contributed by atoms with E-state index in [4.69, 9.17) is 5.73 Å². The maximum absolute atomic E-state index is 6.43. The number of nitrogens with two attached hydrogens (primary N) is 1. The van der Waals surface area contributed by atoms with Crippen molar-refractivity contribution in [1.82, 2.24) is 4.90 Å². The minimum Gasteiger partial charge on any atom is -0.326 e. The van der Waals surface area contributed by atoms with E-state index in [-0.39, 0.29) is 6.04 Å². The van der Waals surface area contributed by atoms with Crippen LogP contribution in [0.5, 0.6) is 0 Å². The predicted octanol–water partition coefficient (Wildman–Crippen LogP) is 3.40. The number of thiophene rings is 1. The smallest absolute Gasteiger partial charge is 0.0510 e. The van der Waals surface area contributed by atoms with E-state index in [0.29, 0.717) is 6.04 Å². The molecule has 2 nitrogen and oxygen atoms in total. The van der Waals surface area contributed by atoms with Crippen LogP contribution >= 0.6 is 11.3 Å². The maximum atomic E-state index is 6.43. The van der Waals surface area contributed by atoms with E-state index in [2.05, 4.69) is 28.7 Å². The van der Waals surface area contributed by atoms with Gasteiger partial charge in [0.15, 0.2) is 0 Å². The molecule has 0 saturated heterocycles. The Morgan fingerprint density at radius 1 is 1.39 bits per heavy atom. The second-order valence-corrected chi connectivity index (χ2v) is 6.73. The highest BCUT2D eigenvalue weighted by molar-refractivity contribution is 7.07. The summed E-state index contributed by atoms with van der Waals surface area (Å²) in [5.74, 6) is 0.954. The van der Waals surface area contributed by atoms with E-state index < -0.39 is 0 Å². The van der Waals surface area contributed by atoms with Crippen molar-refractivity contribution in [2.45, 2.75) is 57.2 Å². The Morgan fingerprint density at radius 3 is 2.67 bits per heavy atom. The summed E-state index contributed by atoms with van der Waals surface area (Å²) in [6.07, 6.45) is 6.68. The van der Waals surface area contributed by atoms with Gasteiger partial charge in [0.05, 0.1) is 6.04 Å². The predicted molar refractivity (Wildman–Crippen MR) is 77.8 cm³/mol. The first-order valence-corrected chi connectivity index (χ1v) is 8.27. The van der Waals surface area contributed by atoms with Crippen molar-refractivity contribution < 1.29 is 0 Å². The fraction of sp³-hybridized carbons (Fsp3) is 0.733. The van der Waals surface area contributed by atoms with Crippen molar-refractivity contribution in [3.05, 3.63) is 22.4 Å². The fourth-order valence-electron chi connectivity index (χ4n) is 2.85. The zero-order valence-electron chi connectivity index (χ0n) is 11.2. The maximum Gasteiger partial charge on any atom is 0.0510 e. The van der Waals surface area contributed by atoms with Crippen LogP contribution in [0.25, 0.3) is 0 Å².